The SMILES string of the molecule is CCOc1ccc(N(CC(=O)N(Cc2cccc(OC)c2)[C@H](C)C(=O)NC(C)C)S(=O)(=O)c2ccc(Br)cc2)cc1. The van der Waals surface area contributed by atoms with Crippen molar-refractivity contribution in [1.29, 1.82) is 0 Å². The number of nitrogens with zero attached hydrogens (tertiary/aromatic N) is 2. The summed E-state index contributed by atoms with van der Waals surface area (Å²) in [5.74, 6) is 0.277. The molecular weight excluding hydrogens is 610 g/mol. The molecule has 0 unspecified atom stereocenters. The van der Waals surface area contributed by atoms with Gasteiger partial charge in [-0.2, -0.15) is 0 Å². The molecule has 2 amide bonds. The number of hydrogen-bond donors (Lipinski definition) is 1. The zero-order valence-corrected chi connectivity index (χ0v) is 26.2. The Hall–Kier alpha value is -3.57. The Morgan fingerprint density at radius 1 is 0.951 bits per heavy atom. The number of ether oxygens (including phenoxy) is 2. The molecule has 1 atom stereocenters. The summed E-state index contributed by atoms with van der Waals surface area (Å²) in [7, 11) is -2.63. The molecule has 3 rings (SSSR count). The summed E-state index contributed by atoms with van der Waals surface area (Å²) >= 11 is 3.33. The molecular formula is C30H36BrN3O6S. The van der Waals surface area contributed by atoms with Crippen molar-refractivity contribution < 1.29 is 27.5 Å². The lowest BCUT2D eigenvalue weighted by Gasteiger charge is -2.32. The number of methoxy groups -OCH3 is 1. The predicted molar refractivity (Wildman–Crippen MR) is 163 cm³/mol. The molecule has 0 aromatic heterocycles. The molecule has 3 aromatic rings. The maximum atomic E-state index is 14.0. The zero-order chi connectivity index (χ0) is 30.2. The first-order chi connectivity index (χ1) is 19.5. The highest BCUT2D eigenvalue weighted by Gasteiger charge is 2.32. The molecule has 0 saturated carbocycles. The number of halogens is 1. The molecule has 11 heteroatoms. The summed E-state index contributed by atoms with van der Waals surface area (Å²) in [5, 5.41) is 2.84. The molecule has 0 radical (unpaired) electrons. The Morgan fingerprint density at radius 2 is 1.61 bits per heavy atom. The number of hydrogen-bond acceptors (Lipinski definition) is 6. The van der Waals surface area contributed by atoms with Crippen LogP contribution in [0.4, 0.5) is 5.69 Å². The lowest BCUT2D eigenvalue weighted by Crippen LogP contribution is -2.52. The summed E-state index contributed by atoms with van der Waals surface area (Å²) in [6, 6.07) is 18.8. The minimum absolute atomic E-state index is 0.0207. The third-order valence-corrected chi connectivity index (χ3v) is 8.52. The second kappa shape index (κ2) is 14.4. The number of anilines is 1. The number of benzene rings is 3. The van der Waals surface area contributed by atoms with Gasteiger partial charge in [-0.3, -0.25) is 13.9 Å². The number of rotatable bonds is 13. The first kappa shape index (κ1) is 32.0. The number of amides is 2. The minimum Gasteiger partial charge on any atom is -0.497 e. The second-order valence-corrected chi connectivity index (χ2v) is 12.4. The summed E-state index contributed by atoms with van der Waals surface area (Å²) in [6.07, 6.45) is 0. The van der Waals surface area contributed by atoms with E-state index in [-0.39, 0.29) is 29.1 Å². The smallest absolute Gasteiger partial charge is 0.264 e. The van der Waals surface area contributed by atoms with Crippen LogP contribution in [0.2, 0.25) is 0 Å². The molecule has 0 bridgehead atoms. The maximum Gasteiger partial charge on any atom is 0.264 e. The molecule has 0 spiro atoms. The average Bonchev–Trinajstić information content (AvgIpc) is 2.94. The first-order valence-corrected chi connectivity index (χ1v) is 15.4. The van der Waals surface area contributed by atoms with Crippen molar-refractivity contribution in [3.05, 3.63) is 82.8 Å². The van der Waals surface area contributed by atoms with Crippen LogP contribution >= 0.6 is 15.9 Å². The van der Waals surface area contributed by atoms with E-state index in [0.29, 0.717) is 18.1 Å². The van der Waals surface area contributed by atoms with E-state index in [0.717, 1.165) is 14.3 Å². The van der Waals surface area contributed by atoms with Crippen LogP contribution in [-0.4, -0.2) is 57.5 Å². The Balaban J connectivity index is 2.04. The van der Waals surface area contributed by atoms with Crippen molar-refractivity contribution in [3.8, 4) is 11.5 Å². The Kier molecular flexibility index (Phi) is 11.2. The molecule has 220 valence electrons. The van der Waals surface area contributed by atoms with Gasteiger partial charge < -0.3 is 19.7 Å². The van der Waals surface area contributed by atoms with Crippen molar-refractivity contribution in [3.63, 3.8) is 0 Å². The number of nitrogens with one attached hydrogen (secondary N) is 1. The molecule has 0 heterocycles. The Labute approximate surface area is 250 Å². The molecule has 0 fully saturated rings. The monoisotopic (exact) mass is 645 g/mol. The molecule has 1 N–H and O–H groups in total. The van der Waals surface area contributed by atoms with Gasteiger partial charge in [-0.15, -0.1) is 0 Å². The topological polar surface area (TPSA) is 105 Å². The van der Waals surface area contributed by atoms with Crippen molar-refractivity contribution in [1.82, 2.24) is 10.2 Å². The van der Waals surface area contributed by atoms with Crippen LogP contribution in [0.1, 0.15) is 33.3 Å². The van der Waals surface area contributed by atoms with Crippen molar-refractivity contribution in [2.24, 2.45) is 0 Å². The standard InChI is InChI=1S/C30H36BrN3O6S/c1-6-40-26-14-12-25(13-15-26)34(41(37,38)28-16-10-24(31)11-17-28)20-29(35)33(22(4)30(36)32-21(2)3)19-23-8-7-9-27(18-23)39-5/h7-18,21-22H,6,19-20H2,1-5H3,(H,32,36)/t22-/m1/s1. The summed E-state index contributed by atoms with van der Waals surface area (Å²) in [6.45, 7) is 7.13. The summed E-state index contributed by atoms with van der Waals surface area (Å²) < 4.78 is 40.4. The molecule has 0 aliphatic rings. The van der Waals surface area contributed by atoms with Gasteiger partial charge >= 0.3 is 0 Å². The van der Waals surface area contributed by atoms with Gasteiger partial charge in [0.25, 0.3) is 10.0 Å². The number of carbonyl (C=O) groups is 2. The van der Waals surface area contributed by atoms with Crippen LogP contribution in [-0.2, 0) is 26.2 Å². The van der Waals surface area contributed by atoms with E-state index in [4.69, 9.17) is 9.47 Å². The zero-order valence-electron chi connectivity index (χ0n) is 23.8. The molecule has 3 aromatic carbocycles. The number of carbonyl (C=O) groups excluding carboxylic acids is 2. The average molecular weight is 647 g/mol. The van der Waals surface area contributed by atoms with E-state index in [1.165, 1.54) is 17.0 Å². The van der Waals surface area contributed by atoms with Crippen LogP contribution in [0.15, 0.2) is 82.2 Å². The fraction of sp³-hybridized carbons (Fsp3) is 0.333. The van der Waals surface area contributed by atoms with E-state index >= 15 is 0 Å². The first-order valence-electron chi connectivity index (χ1n) is 13.2. The fourth-order valence-electron chi connectivity index (χ4n) is 4.09. The molecule has 0 aliphatic heterocycles. The third-order valence-electron chi connectivity index (χ3n) is 6.20. The Morgan fingerprint density at radius 3 is 2.20 bits per heavy atom. The van der Waals surface area contributed by atoms with Crippen LogP contribution in [0.3, 0.4) is 0 Å². The van der Waals surface area contributed by atoms with Gasteiger partial charge in [0.05, 0.1) is 24.3 Å². The van der Waals surface area contributed by atoms with Gasteiger partial charge in [0.2, 0.25) is 11.8 Å². The van der Waals surface area contributed by atoms with Crippen molar-refractivity contribution >= 4 is 43.5 Å². The largest absolute Gasteiger partial charge is 0.497 e. The predicted octanol–water partition coefficient (Wildman–Crippen LogP) is 4.99. The van der Waals surface area contributed by atoms with Gasteiger partial charge in [-0.25, -0.2) is 8.42 Å². The van der Waals surface area contributed by atoms with E-state index in [1.54, 1.807) is 68.6 Å². The quantitative estimate of drug-likeness (QED) is 0.281. The van der Waals surface area contributed by atoms with Gasteiger partial charge in [-0.1, -0.05) is 28.1 Å². The van der Waals surface area contributed by atoms with E-state index in [1.807, 2.05) is 26.8 Å². The molecule has 41 heavy (non-hydrogen) atoms. The van der Waals surface area contributed by atoms with Gasteiger partial charge in [-0.05, 0) is 93.9 Å². The highest BCUT2D eigenvalue weighted by atomic mass is 79.9. The maximum absolute atomic E-state index is 14.0. The highest BCUT2D eigenvalue weighted by Crippen LogP contribution is 2.27. The van der Waals surface area contributed by atoms with Gasteiger partial charge in [0, 0.05) is 17.1 Å². The van der Waals surface area contributed by atoms with Gasteiger partial charge in [0.15, 0.2) is 0 Å². The van der Waals surface area contributed by atoms with Crippen LogP contribution in [0.5, 0.6) is 11.5 Å². The van der Waals surface area contributed by atoms with Crippen molar-refractivity contribution in [2.45, 2.75) is 51.2 Å². The molecule has 9 nitrogen and oxygen atoms in total. The number of sulfonamides is 1. The van der Waals surface area contributed by atoms with E-state index < -0.39 is 28.5 Å². The van der Waals surface area contributed by atoms with Crippen LogP contribution in [0.25, 0.3) is 0 Å². The third kappa shape index (κ3) is 8.46. The second-order valence-electron chi connectivity index (χ2n) is 9.60. The summed E-state index contributed by atoms with van der Waals surface area (Å²) in [4.78, 5) is 28.4. The van der Waals surface area contributed by atoms with Crippen LogP contribution < -0.4 is 19.1 Å². The van der Waals surface area contributed by atoms with Gasteiger partial charge in [0.1, 0.15) is 24.1 Å². The summed E-state index contributed by atoms with van der Waals surface area (Å²) in [5.41, 5.74) is 1.01. The lowest BCUT2D eigenvalue weighted by atomic mass is 10.1. The lowest BCUT2D eigenvalue weighted by molar-refractivity contribution is -0.139. The highest BCUT2D eigenvalue weighted by molar-refractivity contribution is 9.10. The van der Waals surface area contributed by atoms with E-state index in [2.05, 4.69) is 21.2 Å². The fourth-order valence-corrected chi connectivity index (χ4v) is 5.77. The normalized spacial score (nSPS) is 12.0. The minimum atomic E-state index is -4.17. The van der Waals surface area contributed by atoms with Crippen LogP contribution in [0, 0.1) is 0 Å². The Bertz CT molecular complexity index is 1430. The molecule has 0 aliphatic carbocycles. The molecule has 0 saturated heterocycles. The van der Waals surface area contributed by atoms with E-state index in [9.17, 15) is 18.0 Å². The van der Waals surface area contributed by atoms with Crippen molar-refractivity contribution in [2.75, 3.05) is 24.6 Å².